The maximum atomic E-state index is 12.8. The molecule has 2 aromatic rings. The first-order valence-electron chi connectivity index (χ1n) is 8.77. The van der Waals surface area contributed by atoms with Gasteiger partial charge in [-0.3, -0.25) is 4.79 Å². The van der Waals surface area contributed by atoms with Gasteiger partial charge in [-0.25, -0.2) is 4.79 Å². The third kappa shape index (κ3) is 4.44. The molecule has 138 valence electrons. The van der Waals surface area contributed by atoms with E-state index in [4.69, 9.17) is 6.42 Å². The van der Waals surface area contributed by atoms with Crippen molar-refractivity contribution in [3.8, 4) is 12.3 Å². The van der Waals surface area contributed by atoms with E-state index in [-0.39, 0.29) is 11.9 Å². The highest BCUT2D eigenvalue weighted by atomic mass is 32.2. The summed E-state index contributed by atoms with van der Waals surface area (Å²) < 4.78 is 0. The Hall–Kier alpha value is -2.91. The number of carbonyl (C=O) groups is 2. The maximum absolute atomic E-state index is 12.8. The number of anilines is 2. The van der Waals surface area contributed by atoms with Crippen molar-refractivity contribution in [1.29, 1.82) is 0 Å². The molecule has 0 aliphatic carbocycles. The number of nitrogens with one attached hydrogen (secondary N) is 2. The molecule has 0 atom stereocenters. The van der Waals surface area contributed by atoms with Gasteiger partial charge >= 0.3 is 6.03 Å². The van der Waals surface area contributed by atoms with Gasteiger partial charge in [-0.15, -0.1) is 12.3 Å². The van der Waals surface area contributed by atoms with Crippen LogP contribution in [0.3, 0.4) is 0 Å². The van der Waals surface area contributed by atoms with Gasteiger partial charge in [0, 0.05) is 35.5 Å². The van der Waals surface area contributed by atoms with Gasteiger partial charge < -0.3 is 15.5 Å². The van der Waals surface area contributed by atoms with E-state index in [1.54, 1.807) is 23.7 Å². The second kappa shape index (κ2) is 8.65. The lowest BCUT2D eigenvalue weighted by atomic mass is 10.2. The number of amides is 3. The van der Waals surface area contributed by atoms with Crippen molar-refractivity contribution >= 4 is 35.1 Å². The first-order valence-corrected chi connectivity index (χ1v) is 9.59. The minimum Gasteiger partial charge on any atom is -0.338 e. The highest BCUT2D eigenvalue weighted by Crippen LogP contribution is 2.41. The van der Waals surface area contributed by atoms with Crippen molar-refractivity contribution in [2.45, 2.75) is 29.1 Å². The Morgan fingerprint density at radius 3 is 2.81 bits per heavy atom. The minimum atomic E-state index is -0.269. The zero-order chi connectivity index (χ0) is 19.2. The molecule has 27 heavy (non-hydrogen) atoms. The summed E-state index contributed by atoms with van der Waals surface area (Å²) >= 11 is 1.55. The lowest BCUT2D eigenvalue weighted by molar-refractivity contribution is 0.0990. The molecule has 5 nitrogen and oxygen atoms in total. The number of carbonyl (C=O) groups excluding carboxylic acids is 2. The molecule has 0 saturated heterocycles. The van der Waals surface area contributed by atoms with Crippen molar-refractivity contribution < 1.29 is 9.59 Å². The van der Waals surface area contributed by atoms with E-state index in [0.717, 1.165) is 28.3 Å². The zero-order valence-corrected chi connectivity index (χ0v) is 15.9. The molecule has 0 aromatic heterocycles. The molecule has 0 saturated carbocycles. The minimum absolute atomic E-state index is 0.0630. The summed E-state index contributed by atoms with van der Waals surface area (Å²) in [5, 5.41) is 5.63. The Bertz CT molecular complexity index is 905. The molecule has 2 aromatic carbocycles. The van der Waals surface area contributed by atoms with Gasteiger partial charge in [-0.2, -0.15) is 0 Å². The quantitative estimate of drug-likeness (QED) is 0.600. The lowest BCUT2D eigenvalue weighted by Gasteiger charge is -2.18. The average molecular weight is 379 g/mol. The van der Waals surface area contributed by atoms with Crippen LogP contribution in [0.1, 0.15) is 29.6 Å². The SMILES string of the molecule is C#CCCCCNC(=O)Nc1ccc2c(c1)N(C)C(=O)c1ccccc1S2. The highest BCUT2D eigenvalue weighted by molar-refractivity contribution is 7.99. The number of hydrogen-bond donors (Lipinski definition) is 2. The van der Waals surface area contributed by atoms with Crippen LogP contribution < -0.4 is 15.5 Å². The number of nitrogens with zero attached hydrogens (tertiary/aromatic N) is 1. The Morgan fingerprint density at radius 2 is 2.00 bits per heavy atom. The first-order chi connectivity index (χ1) is 13.1. The van der Waals surface area contributed by atoms with E-state index in [1.807, 2.05) is 42.5 Å². The van der Waals surface area contributed by atoms with E-state index in [2.05, 4.69) is 16.6 Å². The van der Waals surface area contributed by atoms with Gasteiger partial charge in [0.2, 0.25) is 0 Å². The summed E-state index contributed by atoms with van der Waals surface area (Å²) in [5.74, 6) is 2.52. The molecule has 2 N–H and O–H groups in total. The molecular formula is C21H21N3O2S. The molecule has 1 heterocycles. The van der Waals surface area contributed by atoms with Crippen LogP contribution in [0, 0.1) is 12.3 Å². The monoisotopic (exact) mass is 379 g/mol. The van der Waals surface area contributed by atoms with Crippen molar-refractivity contribution in [3.63, 3.8) is 0 Å². The number of benzene rings is 2. The molecule has 0 bridgehead atoms. The fourth-order valence-electron chi connectivity index (χ4n) is 2.81. The lowest BCUT2D eigenvalue weighted by Crippen LogP contribution is -2.30. The molecule has 3 amide bonds. The predicted molar refractivity (Wildman–Crippen MR) is 109 cm³/mol. The summed E-state index contributed by atoms with van der Waals surface area (Å²) in [7, 11) is 1.75. The van der Waals surface area contributed by atoms with E-state index in [9.17, 15) is 9.59 Å². The summed E-state index contributed by atoms with van der Waals surface area (Å²) in [6.07, 6.45) is 7.66. The van der Waals surface area contributed by atoms with Crippen LogP contribution in [0.15, 0.2) is 52.3 Å². The van der Waals surface area contributed by atoms with E-state index < -0.39 is 0 Å². The zero-order valence-electron chi connectivity index (χ0n) is 15.1. The standard InChI is InChI=1S/C21H21N3O2S/c1-3-4-5-8-13-22-21(26)23-15-11-12-19-17(14-15)24(2)20(25)16-9-6-7-10-18(16)27-19/h1,6-7,9-12,14H,4-5,8,13H2,2H3,(H2,22,23,26). The van der Waals surface area contributed by atoms with Crippen LogP contribution in [0.5, 0.6) is 0 Å². The summed E-state index contributed by atoms with van der Waals surface area (Å²) in [5.41, 5.74) is 2.09. The molecule has 1 aliphatic heterocycles. The predicted octanol–water partition coefficient (Wildman–Crippen LogP) is 4.35. The van der Waals surface area contributed by atoms with Crippen LogP contribution in [-0.4, -0.2) is 25.5 Å². The van der Waals surface area contributed by atoms with Crippen molar-refractivity contribution in [1.82, 2.24) is 5.32 Å². The number of rotatable bonds is 5. The number of fused-ring (bicyclic) bond motifs is 2. The fourth-order valence-corrected chi connectivity index (χ4v) is 3.90. The number of terminal acetylenes is 1. The van der Waals surface area contributed by atoms with Gasteiger partial charge in [-0.1, -0.05) is 23.9 Å². The van der Waals surface area contributed by atoms with Crippen molar-refractivity contribution in [2.24, 2.45) is 0 Å². The van der Waals surface area contributed by atoms with Crippen molar-refractivity contribution in [2.75, 3.05) is 23.8 Å². The van der Waals surface area contributed by atoms with E-state index >= 15 is 0 Å². The summed E-state index contributed by atoms with van der Waals surface area (Å²) in [6.45, 7) is 0.571. The summed E-state index contributed by atoms with van der Waals surface area (Å²) in [4.78, 5) is 28.3. The smallest absolute Gasteiger partial charge is 0.319 e. The van der Waals surface area contributed by atoms with Gasteiger partial charge in [0.15, 0.2) is 0 Å². The highest BCUT2D eigenvalue weighted by Gasteiger charge is 2.24. The van der Waals surface area contributed by atoms with E-state index in [1.165, 1.54) is 0 Å². The van der Waals surface area contributed by atoms with Gasteiger partial charge in [0.25, 0.3) is 5.91 Å². The van der Waals surface area contributed by atoms with Crippen LogP contribution in [-0.2, 0) is 0 Å². The van der Waals surface area contributed by atoms with Gasteiger partial charge in [0.1, 0.15) is 0 Å². The third-order valence-corrected chi connectivity index (χ3v) is 5.39. The molecule has 0 unspecified atom stereocenters. The van der Waals surface area contributed by atoms with Gasteiger partial charge in [0.05, 0.1) is 11.3 Å². The van der Waals surface area contributed by atoms with Gasteiger partial charge in [-0.05, 0) is 43.2 Å². The normalized spacial score (nSPS) is 12.4. The average Bonchev–Trinajstić information content (AvgIpc) is 2.77. The molecule has 0 fully saturated rings. The third-order valence-electron chi connectivity index (χ3n) is 4.25. The maximum Gasteiger partial charge on any atom is 0.319 e. The second-order valence-electron chi connectivity index (χ2n) is 6.19. The second-order valence-corrected chi connectivity index (χ2v) is 7.27. The van der Waals surface area contributed by atoms with Crippen LogP contribution >= 0.6 is 11.8 Å². The molecule has 3 rings (SSSR count). The molecule has 0 radical (unpaired) electrons. The molecular weight excluding hydrogens is 358 g/mol. The van der Waals surface area contributed by atoms with E-state index in [0.29, 0.717) is 24.2 Å². The number of unbranched alkanes of at least 4 members (excludes halogenated alkanes) is 2. The van der Waals surface area contributed by atoms with Crippen LogP contribution in [0.4, 0.5) is 16.2 Å². The Labute approximate surface area is 163 Å². The number of hydrogen-bond acceptors (Lipinski definition) is 3. The first kappa shape index (κ1) is 18.9. The molecule has 6 heteroatoms. The molecule has 1 aliphatic rings. The Kier molecular flexibility index (Phi) is 6.05. The van der Waals surface area contributed by atoms with Crippen molar-refractivity contribution in [3.05, 3.63) is 48.0 Å². The Morgan fingerprint density at radius 1 is 1.19 bits per heavy atom. The largest absolute Gasteiger partial charge is 0.338 e. The fraction of sp³-hybridized carbons (Fsp3) is 0.238. The molecule has 0 spiro atoms. The number of urea groups is 1. The van der Waals surface area contributed by atoms with Crippen LogP contribution in [0.2, 0.25) is 0 Å². The topological polar surface area (TPSA) is 61.4 Å². The van der Waals surface area contributed by atoms with Crippen LogP contribution in [0.25, 0.3) is 0 Å². The summed E-state index contributed by atoms with van der Waals surface area (Å²) in [6, 6.07) is 12.9. The Balaban J connectivity index is 1.71.